The first-order valence-electron chi connectivity index (χ1n) is 51.4. The molecule has 0 saturated heterocycles. The van der Waals surface area contributed by atoms with Crippen molar-refractivity contribution in [1.29, 1.82) is 0 Å². The molecule has 0 amide bonds. The summed E-state index contributed by atoms with van der Waals surface area (Å²) in [5, 5.41) is 24.7. The van der Waals surface area contributed by atoms with Crippen molar-refractivity contribution in [1.82, 2.24) is 102 Å². The standard InChI is InChI=1S/6C12H9N3.C7H6N2S.C7H5NS2.16C2H6.4CH3.2Y/c3*1-2-6-10(7-3-1)13-14-11-8-4-5-9-12(11)15(13)14;3*1-2-6-10(7-3-1)15-12-9-5-4-8-11(12)13-14-15;10-7-8-5-3-1-2-4-6(5)9-7;9-7-8-5-3-1-2-4-6(5)10-7;16*1-2;;;;;;/h6*1-9H;1-4H,(H2,8,9,10);1-4H,(H,8,9);16*1-2H3;4*1H3;;/q;;;;;;;;;;;;;;;;;;;;;;;;4*-1;;. The molecule has 0 saturated carbocycles. The van der Waals surface area contributed by atoms with Gasteiger partial charge in [-0.15, -0.1) is 54.4 Å². The van der Waals surface area contributed by atoms with Crippen LogP contribution in [0.4, 0.5) is 0 Å². The van der Waals surface area contributed by atoms with E-state index in [9.17, 15) is 0 Å². The predicted molar refractivity (Wildman–Crippen MR) is 651 cm³/mol. The summed E-state index contributed by atoms with van der Waals surface area (Å²) in [6.07, 6.45) is 0. The molecule has 148 heavy (non-hydrogen) atoms. The van der Waals surface area contributed by atoms with Crippen LogP contribution in [0, 0.1) is 38.4 Å². The van der Waals surface area contributed by atoms with Gasteiger partial charge >= 0.3 is 0 Å². The van der Waals surface area contributed by atoms with Crippen molar-refractivity contribution in [2.24, 2.45) is 0 Å². The molecule has 25 aromatic rings. The fraction of sp³-hybridized carbons (Fsp3) is 0.262. The third kappa shape index (κ3) is 39.2. The smallest absolute Gasteiger partial charge is 0.175 e. The van der Waals surface area contributed by atoms with Gasteiger partial charge < -0.3 is 44.7 Å². The number of fused-ring (bicyclic) bond motifs is 17. The summed E-state index contributed by atoms with van der Waals surface area (Å²) in [6.45, 7) is 64.0. The Hall–Kier alpha value is -12.5. The van der Waals surface area contributed by atoms with Crippen LogP contribution in [-0.2, 0) is 65.4 Å². The van der Waals surface area contributed by atoms with Crippen molar-refractivity contribution in [2.75, 3.05) is 0 Å². The van der Waals surface area contributed by atoms with Crippen LogP contribution in [0.1, 0.15) is 222 Å². The first kappa shape index (κ1) is 144. The van der Waals surface area contributed by atoms with E-state index >= 15 is 0 Å². The third-order valence-corrected chi connectivity index (χ3v) is 19.6. The van der Waals surface area contributed by atoms with Gasteiger partial charge in [0.15, 0.2) is 8.73 Å². The zero-order valence-corrected chi connectivity index (χ0v) is 104. The molecule has 3 N–H and O–H groups in total. The second-order valence-electron chi connectivity index (χ2n) is 25.2. The van der Waals surface area contributed by atoms with Crippen molar-refractivity contribution in [2.45, 2.75) is 222 Å². The number of nitrogens with one attached hydrogen (secondary N) is 3. The molecule has 21 nitrogen and oxygen atoms in total. The van der Waals surface area contributed by atoms with Gasteiger partial charge in [-0.3, -0.25) is 0 Å². The Balaban J connectivity index is -0.000000505. The van der Waals surface area contributed by atoms with E-state index in [2.05, 4.69) is 240 Å². The minimum Gasteiger partial charge on any atom is -0.358 e. The molecule has 26 heteroatoms. The van der Waals surface area contributed by atoms with Crippen molar-refractivity contribution in [3.63, 3.8) is 0 Å². The second kappa shape index (κ2) is 85.4. The maximum absolute atomic E-state index is 4.98. The van der Waals surface area contributed by atoms with Gasteiger partial charge in [-0.25, -0.2) is 14.0 Å². The zero-order chi connectivity index (χ0) is 106. The Kier molecular flexibility index (Phi) is 83.1. The Morgan fingerprint density at radius 2 is 0.358 bits per heavy atom. The fourth-order valence-electron chi connectivity index (χ4n) is 13.0. The molecule has 0 aliphatic heterocycles. The number of hydrogen-bond donors (Lipinski definition) is 3. The number of aromatic amines is 3. The van der Waals surface area contributed by atoms with Gasteiger partial charge in [0.05, 0.1) is 71.9 Å². The van der Waals surface area contributed by atoms with E-state index in [0.717, 1.165) is 70.7 Å². The average molecular weight is 2210 g/mol. The summed E-state index contributed by atoms with van der Waals surface area (Å²) in [4.78, 5) is 15.6. The van der Waals surface area contributed by atoms with Crippen LogP contribution in [0.5, 0.6) is 0 Å². The predicted octanol–water partition coefficient (Wildman–Crippen LogP) is 37.9. The molecular formula is C122H173N21S3Y2-4. The largest absolute Gasteiger partial charge is 0.358 e. The normalized spacial score (nSPS) is 8.95. The van der Waals surface area contributed by atoms with Crippen LogP contribution in [-0.4, -0.2) is 102 Å². The number of imidazole rings is 1. The van der Waals surface area contributed by atoms with Crippen molar-refractivity contribution >= 4 is 123 Å². The van der Waals surface area contributed by atoms with Gasteiger partial charge in [-0.1, -0.05) is 443 Å². The van der Waals surface area contributed by atoms with Gasteiger partial charge in [0.1, 0.15) is 49.7 Å². The quantitative estimate of drug-likeness (QED) is 0.109. The topological polar surface area (TPSA) is 181 Å². The Labute approximate surface area is 952 Å². The summed E-state index contributed by atoms with van der Waals surface area (Å²) in [6, 6.07) is 126. The van der Waals surface area contributed by atoms with E-state index in [1.165, 1.54) is 54.9 Å². The number of aromatic nitrogens is 21. The minimum absolute atomic E-state index is 0. The number of rotatable bonds is 6. The SMILES string of the molecule is CC.CC.CC.CC.CC.CC.CC.CC.CC.CC.CC.CC.CC.CC.CC.CC.S=c1[nH]c2ccccc2[nH]1.S=c1[nH]c2ccccc2s1.[CH3-].[CH3-].[CH3-].[CH3-].[Y].[Y].c1ccc(-n2n3c4ccccc4n23)cc1.c1ccc(-n2n3c4ccccc4n23)cc1.c1ccc(-n2n3c4ccccc4n23)cc1.c1ccc(-n2nnc3ccccc32)cc1.c1ccc(-n2nnc3ccccc32)cc1.c1ccc(-n2nnc3ccccc32)cc1. The van der Waals surface area contributed by atoms with E-state index in [4.69, 9.17) is 24.4 Å². The Morgan fingerprint density at radius 1 is 0.189 bits per heavy atom. The van der Waals surface area contributed by atoms with Gasteiger partial charge in [0.25, 0.3) is 0 Å². The molecule has 11 heterocycles. The van der Waals surface area contributed by atoms with Crippen molar-refractivity contribution in [3.8, 4) is 34.1 Å². The molecule has 14 aromatic carbocycles. The Morgan fingerprint density at radius 3 is 0.568 bits per heavy atom. The monoisotopic (exact) mass is 2210 g/mol. The van der Waals surface area contributed by atoms with Crippen LogP contribution in [0.25, 0.3) is 122 Å². The fourth-order valence-corrected chi connectivity index (χ4v) is 14.3. The molecule has 25 rings (SSSR count). The van der Waals surface area contributed by atoms with E-state index in [1.54, 1.807) is 11.3 Å². The number of H-pyrrole nitrogens is 3. The van der Waals surface area contributed by atoms with Crippen LogP contribution < -0.4 is 0 Å². The van der Waals surface area contributed by atoms with Crippen molar-refractivity contribution in [3.05, 3.63) is 415 Å². The van der Waals surface area contributed by atoms with Crippen LogP contribution in [0.15, 0.2) is 376 Å². The minimum atomic E-state index is 0. The van der Waals surface area contributed by atoms with Gasteiger partial charge in [-0.05, 0) is 194 Å². The van der Waals surface area contributed by atoms with Crippen LogP contribution >= 0.6 is 35.8 Å². The molecule has 2 radical (unpaired) electrons. The van der Waals surface area contributed by atoms with Gasteiger partial charge in [-0.2, -0.15) is 14.4 Å². The van der Waals surface area contributed by atoms with E-state index in [-0.39, 0.29) is 95.1 Å². The first-order chi connectivity index (χ1) is 70.5. The van der Waals surface area contributed by atoms with Gasteiger partial charge in [0, 0.05) is 65.4 Å². The summed E-state index contributed by atoms with van der Waals surface area (Å²) < 4.78 is 21.2. The summed E-state index contributed by atoms with van der Waals surface area (Å²) >= 11 is 11.5. The third-order valence-electron chi connectivity index (χ3n) is 18.2. The molecule has 0 unspecified atom stereocenters. The molecule has 0 fully saturated rings. The maximum atomic E-state index is 4.98. The first-order valence-corrected chi connectivity index (χ1v) is 53.1. The Bertz CT molecular complexity index is 6450. The molecule has 0 aliphatic rings. The summed E-state index contributed by atoms with van der Waals surface area (Å²) in [7, 11) is 0. The molecule has 0 atom stereocenters. The molecule has 794 valence electrons. The summed E-state index contributed by atoms with van der Waals surface area (Å²) in [5.74, 6) is 0. The van der Waals surface area contributed by atoms with Gasteiger partial charge in [0.2, 0.25) is 0 Å². The number of hydrogen-bond acceptors (Lipinski definition) is 9. The van der Waals surface area contributed by atoms with E-state index in [1.807, 2.05) is 460 Å². The number of para-hydroxylation sites is 18. The number of thiazole rings is 1. The zero-order valence-electron chi connectivity index (χ0n) is 95.7. The number of benzene rings is 14. The van der Waals surface area contributed by atoms with Crippen molar-refractivity contribution < 1.29 is 65.4 Å². The molecule has 0 aliphatic carbocycles. The molecule has 11 aromatic heterocycles. The van der Waals surface area contributed by atoms with Crippen LogP contribution in [0.2, 0.25) is 0 Å². The molecular weight excluding hydrogens is 2030 g/mol. The second-order valence-corrected chi connectivity index (χ2v) is 27.3. The maximum Gasteiger partial charge on any atom is 0.175 e. The van der Waals surface area contributed by atoms with E-state index < -0.39 is 0 Å². The van der Waals surface area contributed by atoms with Crippen LogP contribution in [0.3, 0.4) is 0 Å². The number of nitrogens with zero attached hydrogens (tertiary/aromatic N) is 18. The molecule has 0 spiro atoms. The molecule has 0 bridgehead atoms. The van der Waals surface area contributed by atoms with E-state index in [0.29, 0.717) is 4.77 Å². The summed E-state index contributed by atoms with van der Waals surface area (Å²) in [5.41, 5.74) is 23.5. The average Bonchev–Trinajstić information content (AvgIpc) is 1.52.